The molecule has 1 aliphatic heterocycles. The summed E-state index contributed by atoms with van der Waals surface area (Å²) < 4.78 is 35.2. The van der Waals surface area contributed by atoms with E-state index in [9.17, 15) is 8.42 Å². The van der Waals surface area contributed by atoms with Crippen molar-refractivity contribution >= 4 is 15.8 Å². The summed E-state index contributed by atoms with van der Waals surface area (Å²) in [4.78, 5) is 2.49. The molecule has 1 saturated heterocycles. The van der Waals surface area contributed by atoms with Crippen molar-refractivity contribution in [3.8, 4) is 5.75 Å². The largest absolute Gasteiger partial charge is 0.494 e. The van der Waals surface area contributed by atoms with Gasteiger partial charge in [0.05, 0.1) is 11.5 Å². The molecule has 1 aliphatic rings. The third-order valence-corrected chi connectivity index (χ3v) is 5.70. The van der Waals surface area contributed by atoms with Crippen LogP contribution in [0.4, 0.5) is 5.69 Å². The van der Waals surface area contributed by atoms with Crippen LogP contribution in [0.5, 0.6) is 5.75 Å². The molecule has 1 fully saturated rings. The van der Waals surface area contributed by atoms with Gasteiger partial charge in [-0.15, -0.1) is 0 Å². The number of hydrogen-bond acceptors (Lipinski definition) is 5. The van der Waals surface area contributed by atoms with Crippen molar-refractivity contribution in [1.82, 2.24) is 4.90 Å². The van der Waals surface area contributed by atoms with Crippen LogP contribution in [0.15, 0.2) is 53.4 Å². The van der Waals surface area contributed by atoms with Gasteiger partial charge >= 0.3 is 0 Å². The smallest absolute Gasteiger partial charge is 0.294 e. The number of piperidine rings is 1. The number of anilines is 1. The Balaban J connectivity index is 0.000000234. The van der Waals surface area contributed by atoms with E-state index >= 15 is 0 Å². The Labute approximate surface area is 174 Å². The number of nitrogens with two attached hydrogens (primary N) is 1. The van der Waals surface area contributed by atoms with Crippen molar-refractivity contribution in [3.05, 3.63) is 54.1 Å². The van der Waals surface area contributed by atoms with E-state index in [1.54, 1.807) is 12.1 Å². The van der Waals surface area contributed by atoms with Gasteiger partial charge in [0.2, 0.25) is 0 Å². The maximum absolute atomic E-state index is 10.5. The summed E-state index contributed by atoms with van der Waals surface area (Å²) in [5, 5.41) is 0. The third-order valence-electron chi connectivity index (χ3n) is 4.83. The first-order valence-corrected chi connectivity index (χ1v) is 11.4. The zero-order valence-corrected chi connectivity index (χ0v) is 18.1. The van der Waals surface area contributed by atoms with Crippen molar-refractivity contribution in [2.75, 3.05) is 32.0 Å². The van der Waals surface area contributed by atoms with E-state index in [1.807, 2.05) is 31.2 Å². The third kappa shape index (κ3) is 8.85. The number of likely N-dealkylation sites (tertiary alicyclic amines) is 1. The van der Waals surface area contributed by atoms with Crippen LogP contribution in [0.25, 0.3) is 0 Å². The summed E-state index contributed by atoms with van der Waals surface area (Å²) in [7, 11) is -4.02. The topological polar surface area (TPSA) is 92.9 Å². The fourth-order valence-electron chi connectivity index (χ4n) is 3.24. The van der Waals surface area contributed by atoms with Crippen molar-refractivity contribution < 1.29 is 17.7 Å². The molecular formula is C22H32N2O4S. The maximum Gasteiger partial charge on any atom is 0.294 e. The van der Waals surface area contributed by atoms with Crippen LogP contribution in [0.1, 0.15) is 31.7 Å². The normalized spacial score (nSPS) is 17.3. The minimum Gasteiger partial charge on any atom is -0.494 e. The number of nitrogen functional groups attached to an aromatic ring is 1. The average Bonchev–Trinajstić information content (AvgIpc) is 2.67. The molecular weight excluding hydrogens is 388 g/mol. The van der Waals surface area contributed by atoms with Gasteiger partial charge in [-0.25, -0.2) is 0 Å². The zero-order chi connectivity index (χ0) is 21.3. The number of ether oxygens (including phenoxy) is 1. The van der Waals surface area contributed by atoms with Gasteiger partial charge in [0, 0.05) is 18.8 Å². The molecule has 0 unspecified atom stereocenters. The summed E-state index contributed by atoms with van der Waals surface area (Å²) in [5.74, 6) is 1.77. The molecule has 0 spiro atoms. The number of rotatable bonds is 6. The van der Waals surface area contributed by atoms with Crippen LogP contribution in [0.2, 0.25) is 0 Å². The maximum atomic E-state index is 10.5. The van der Waals surface area contributed by atoms with Gasteiger partial charge in [-0.1, -0.05) is 24.6 Å². The lowest BCUT2D eigenvalue weighted by Crippen LogP contribution is -2.35. The number of hydrogen-bond donors (Lipinski definition) is 2. The molecule has 3 rings (SSSR count). The Bertz CT molecular complexity index is 836. The van der Waals surface area contributed by atoms with Crippen LogP contribution < -0.4 is 10.5 Å². The number of aryl methyl sites for hydroxylation is 1. The molecule has 1 atom stereocenters. The van der Waals surface area contributed by atoms with Gasteiger partial charge < -0.3 is 15.4 Å². The number of nitrogens with zero attached hydrogens (tertiary/aromatic N) is 1. The van der Waals surface area contributed by atoms with E-state index in [0.29, 0.717) is 0 Å². The van der Waals surface area contributed by atoms with E-state index in [-0.39, 0.29) is 4.90 Å². The molecule has 29 heavy (non-hydrogen) atoms. The first-order valence-electron chi connectivity index (χ1n) is 9.99. The average molecular weight is 421 g/mol. The van der Waals surface area contributed by atoms with E-state index < -0.39 is 10.1 Å². The molecule has 6 nitrogen and oxygen atoms in total. The number of benzene rings is 2. The molecule has 0 radical (unpaired) electrons. The SMILES string of the molecule is C[C@H]1CCCN(CCCOc2ccc(N)cc2)C1.Cc1ccc(S(=O)(=O)O)cc1. The quantitative estimate of drug-likeness (QED) is 0.417. The van der Waals surface area contributed by atoms with E-state index in [2.05, 4.69) is 11.8 Å². The lowest BCUT2D eigenvalue weighted by molar-refractivity contribution is 0.170. The van der Waals surface area contributed by atoms with Crippen LogP contribution in [0, 0.1) is 12.8 Å². The molecule has 2 aromatic carbocycles. The Morgan fingerprint density at radius 2 is 1.79 bits per heavy atom. The highest BCUT2D eigenvalue weighted by Gasteiger charge is 2.15. The van der Waals surface area contributed by atoms with Crippen LogP contribution in [-0.4, -0.2) is 44.1 Å². The Hall–Kier alpha value is -2.09. The first kappa shape index (κ1) is 23.2. The van der Waals surface area contributed by atoms with Crippen LogP contribution >= 0.6 is 0 Å². The summed E-state index contributed by atoms with van der Waals surface area (Å²) in [6.07, 6.45) is 3.83. The summed E-state index contributed by atoms with van der Waals surface area (Å²) in [6.45, 7) is 8.63. The lowest BCUT2D eigenvalue weighted by atomic mass is 10.0. The minimum atomic E-state index is -4.02. The van der Waals surface area contributed by atoms with E-state index in [1.165, 1.54) is 38.1 Å². The Morgan fingerprint density at radius 3 is 2.38 bits per heavy atom. The van der Waals surface area contributed by atoms with Gasteiger partial charge in [-0.3, -0.25) is 4.55 Å². The monoisotopic (exact) mass is 420 g/mol. The van der Waals surface area contributed by atoms with E-state index in [0.717, 1.165) is 42.5 Å². The predicted molar refractivity (Wildman–Crippen MR) is 117 cm³/mol. The highest BCUT2D eigenvalue weighted by molar-refractivity contribution is 7.85. The van der Waals surface area contributed by atoms with E-state index in [4.69, 9.17) is 15.0 Å². The molecule has 0 aromatic heterocycles. The van der Waals surface area contributed by atoms with Gasteiger partial charge in [0.1, 0.15) is 5.75 Å². The molecule has 0 amide bonds. The Kier molecular flexibility index (Phi) is 8.95. The van der Waals surface area contributed by atoms with Crippen molar-refractivity contribution in [2.45, 2.75) is 38.0 Å². The molecule has 3 N–H and O–H groups in total. The second kappa shape index (κ2) is 11.2. The van der Waals surface area contributed by atoms with Crippen molar-refractivity contribution in [1.29, 1.82) is 0 Å². The fourth-order valence-corrected chi connectivity index (χ4v) is 3.72. The fraction of sp³-hybridized carbons (Fsp3) is 0.455. The zero-order valence-electron chi connectivity index (χ0n) is 17.3. The van der Waals surface area contributed by atoms with Gasteiger partial charge in [0.15, 0.2) is 0 Å². The van der Waals surface area contributed by atoms with Crippen molar-refractivity contribution in [3.63, 3.8) is 0 Å². The standard InChI is InChI=1S/C15H24N2O.C7H8O3S/c1-13-4-2-9-17(12-13)10-3-11-18-15-7-5-14(16)6-8-15;1-6-2-4-7(5-3-6)11(8,9)10/h5-8,13H,2-4,9-12,16H2,1H3;2-5H,1H3,(H,8,9,10)/t13-;/m0./s1. The minimum absolute atomic E-state index is 0.0666. The molecule has 2 aromatic rings. The lowest BCUT2D eigenvalue weighted by Gasteiger charge is -2.30. The second-order valence-corrected chi connectivity index (χ2v) is 9.03. The van der Waals surface area contributed by atoms with Crippen LogP contribution in [-0.2, 0) is 10.1 Å². The predicted octanol–water partition coefficient (Wildman–Crippen LogP) is 4.01. The van der Waals surface area contributed by atoms with Gasteiger partial charge in [0.25, 0.3) is 10.1 Å². The van der Waals surface area contributed by atoms with Crippen LogP contribution in [0.3, 0.4) is 0 Å². The second-order valence-electron chi connectivity index (χ2n) is 7.61. The molecule has 0 saturated carbocycles. The molecule has 7 heteroatoms. The molecule has 0 bridgehead atoms. The first-order chi connectivity index (χ1) is 13.7. The van der Waals surface area contributed by atoms with Gasteiger partial charge in [-0.05, 0) is 75.0 Å². The summed E-state index contributed by atoms with van der Waals surface area (Å²) in [5.41, 5.74) is 7.37. The molecule has 0 aliphatic carbocycles. The van der Waals surface area contributed by atoms with Crippen molar-refractivity contribution in [2.24, 2.45) is 5.92 Å². The highest BCUT2D eigenvalue weighted by Crippen LogP contribution is 2.16. The van der Waals surface area contributed by atoms with Gasteiger partial charge in [-0.2, -0.15) is 8.42 Å². The molecule has 1 heterocycles. The Morgan fingerprint density at radius 1 is 1.14 bits per heavy atom. The summed E-state index contributed by atoms with van der Waals surface area (Å²) >= 11 is 0. The molecule has 160 valence electrons. The summed E-state index contributed by atoms with van der Waals surface area (Å²) in [6, 6.07) is 13.6. The highest BCUT2D eigenvalue weighted by atomic mass is 32.2.